The van der Waals surface area contributed by atoms with Crippen LogP contribution in [0.4, 0.5) is 14.6 Å². The molecule has 1 unspecified atom stereocenters. The summed E-state index contributed by atoms with van der Waals surface area (Å²) in [5.74, 6) is -4.04. The Morgan fingerprint density at radius 2 is 1.86 bits per heavy atom. The highest BCUT2D eigenvalue weighted by Crippen LogP contribution is 2.49. The monoisotopic (exact) mass is 389 g/mol. The number of aromatic nitrogens is 4. The number of fused-ring (bicyclic) bond motifs is 1. The van der Waals surface area contributed by atoms with Gasteiger partial charge in [-0.25, -0.2) is 23.7 Å². The molecule has 0 saturated heterocycles. The number of nitrogens with one attached hydrogen (secondary N) is 1. The van der Waals surface area contributed by atoms with Gasteiger partial charge < -0.3 is 19.4 Å². The predicted octanol–water partition coefficient (Wildman–Crippen LogP) is 2.64. The lowest BCUT2D eigenvalue weighted by atomic mass is 10.2. The molecule has 1 saturated carbocycles. The summed E-state index contributed by atoms with van der Waals surface area (Å²) in [7, 11) is 4.82. The molecule has 3 aromatic rings. The lowest BCUT2D eigenvalue weighted by Gasteiger charge is -2.11. The van der Waals surface area contributed by atoms with Gasteiger partial charge >= 0.3 is 0 Å². The molecule has 1 fully saturated rings. The molecule has 1 aliphatic rings. The molecule has 0 aliphatic heterocycles. The maximum absolute atomic E-state index is 13.1. The van der Waals surface area contributed by atoms with Crippen LogP contribution in [0.15, 0.2) is 24.7 Å². The number of rotatable bonds is 5. The van der Waals surface area contributed by atoms with E-state index in [1.165, 1.54) is 20.5 Å². The van der Waals surface area contributed by atoms with E-state index in [-0.39, 0.29) is 5.82 Å². The lowest BCUT2D eigenvalue weighted by molar-refractivity contribution is -0.119. The minimum absolute atomic E-state index is 0.209. The number of amides is 1. The molecule has 0 aromatic carbocycles. The quantitative estimate of drug-likeness (QED) is 0.721. The van der Waals surface area contributed by atoms with Crippen LogP contribution >= 0.6 is 0 Å². The van der Waals surface area contributed by atoms with Gasteiger partial charge in [0, 0.05) is 18.9 Å². The molecule has 1 aliphatic carbocycles. The molecule has 0 bridgehead atoms. The van der Waals surface area contributed by atoms with Crippen LogP contribution in [0, 0.1) is 5.92 Å². The fourth-order valence-corrected chi connectivity index (χ4v) is 3.14. The Morgan fingerprint density at radius 1 is 1.21 bits per heavy atom. The summed E-state index contributed by atoms with van der Waals surface area (Å²) >= 11 is 0. The van der Waals surface area contributed by atoms with Gasteiger partial charge in [-0.3, -0.25) is 4.79 Å². The zero-order chi connectivity index (χ0) is 20.1. The fourth-order valence-electron chi connectivity index (χ4n) is 3.14. The van der Waals surface area contributed by atoms with Gasteiger partial charge in [-0.15, -0.1) is 0 Å². The van der Waals surface area contributed by atoms with Gasteiger partial charge in [0.05, 0.1) is 31.6 Å². The minimum atomic E-state index is -2.92. The third-order valence-electron chi connectivity index (χ3n) is 4.74. The normalized spacial score (nSPS) is 17.4. The molecule has 1 atom stereocenters. The van der Waals surface area contributed by atoms with Crippen LogP contribution in [0.2, 0.25) is 0 Å². The van der Waals surface area contributed by atoms with Crippen molar-refractivity contribution in [2.75, 3.05) is 19.5 Å². The highest BCUT2D eigenvalue weighted by molar-refractivity contribution is 5.97. The number of hydrogen-bond acceptors (Lipinski definition) is 6. The van der Waals surface area contributed by atoms with Crippen LogP contribution in [0.25, 0.3) is 22.2 Å². The van der Waals surface area contributed by atoms with Crippen molar-refractivity contribution in [1.82, 2.24) is 19.5 Å². The molecular weight excluding hydrogens is 372 g/mol. The number of anilines is 1. The summed E-state index contributed by atoms with van der Waals surface area (Å²) in [6.07, 6.45) is 2.47. The zero-order valence-electron chi connectivity index (χ0n) is 15.4. The van der Waals surface area contributed by atoms with Crippen molar-refractivity contribution in [3.05, 3.63) is 24.7 Å². The van der Waals surface area contributed by atoms with E-state index in [9.17, 15) is 13.6 Å². The van der Waals surface area contributed by atoms with E-state index in [2.05, 4.69) is 20.3 Å². The van der Waals surface area contributed by atoms with E-state index in [0.29, 0.717) is 23.0 Å². The van der Waals surface area contributed by atoms with Crippen molar-refractivity contribution in [3.63, 3.8) is 0 Å². The SMILES string of the molecule is COc1ncnc(OC)c1-c1cc2cc(NC(=O)C3CC3(F)F)ncc2n1C. The van der Waals surface area contributed by atoms with Crippen molar-refractivity contribution < 1.29 is 23.0 Å². The van der Waals surface area contributed by atoms with Crippen molar-refractivity contribution in [2.45, 2.75) is 12.3 Å². The lowest BCUT2D eigenvalue weighted by Crippen LogP contribution is -2.18. The molecular formula is C18H17F2N5O3. The second kappa shape index (κ2) is 6.39. The molecule has 3 aromatic heterocycles. The first-order chi connectivity index (χ1) is 13.4. The maximum Gasteiger partial charge on any atom is 0.260 e. The zero-order valence-corrected chi connectivity index (χ0v) is 15.4. The number of alkyl halides is 2. The smallest absolute Gasteiger partial charge is 0.260 e. The van der Waals surface area contributed by atoms with Gasteiger partial charge in [-0.1, -0.05) is 0 Å². The van der Waals surface area contributed by atoms with Gasteiger partial charge in [0.25, 0.3) is 5.92 Å². The van der Waals surface area contributed by atoms with Crippen LogP contribution in [-0.2, 0) is 11.8 Å². The van der Waals surface area contributed by atoms with Gasteiger partial charge in [0.2, 0.25) is 17.7 Å². The minimum Gasteiger partial charge on any atom is -0.480 e. The Labute approximate surface area is 158 Å². The van der Waals surface area contributed by atoms with Crippen LogP contribution in [0.1, 0.15) is 6.42 Å². The highest BCUT2D eigenvalue weighted by Gasteiger charge is 2.61. The highest BCUT2D eigenvalue weighted by atomic mass is 19.3. The number of pyridine rings is 1. The van der Waals surface area contributed by atoms with Crippen LogP contribution in [-0.4, -0.2) is 45.6 Å². The van der Waals surface area contributed by atoms with Gasteiger partial charge in [-0.05, 0) is 12.1 Å². The first-order valence-electron chi connectivity index (χ1n) is 8.43. The Morgan fingerprint density at radius 3 is 2.43 bits per heavy atom. The molecule has 28 heavy (non-hydrogen) atoms. The molecule has 1 amide bonds. The van der Waals surface area contributed by atoms with E-state index in [0.717, 1.165) is 10.9 Å². The summed E-state index contributed by atoms with van der Waals surface area (Å²) in [6, 6.07) is 3.46. The van der Waals surface area contributed by atoms with Crippen LogP contribution < -0.4 is 14.8 Å². The predicted molar refractivity (Wildman–Crippen MR) is 96.5 cm³/mol. The van der Waals surface area contributed by atoms with Gasteiger partial charge in [0.15, 0.2) is 0 Å². The second-order valence-corrected chi connectivity index (χ2v) is 6.49. The summed E-state index contributed by atoms with van der Waals surface area (Å²) in [4.78, 5) is 24.3. The Hall–Kier alpha value is -3.30. The average molecular weight is 389 g/mol. The number of nitrogens with zero attached hydrogens (tertiary/aromatic N) is 4. The molecule has 0 spiro atoms. The number of aryl methyl sites for hydroxylation is 1. The molecule has 4 rings (SSSR count). The van der Waals surface area contributed by atoms with E-state index in [4.69, 9.17) is 9.47 Å². The van der Waals surface area contributed by atoms with Crippen molar-refractivity contribution in [1.29, 1.82) is 0 Å². The third kappa shape index (κ3) is 2.90. The van der Waals surface area contributed by atoms with Crippen molar-refractivity contribution in [3.8, 4) is 23.0 Å². The number of carbonyl (C=O) groups is 1. The maximum atomic E-state index is 13.1. The largest absolute Gasteiger partial charge is 0.480 e. The number of methoxy groups -OCH3 is 2. The topological polar surface area (TPSA) is 91.2 Å². The summed E-state index contributed by atoms with van der Waals surface area (Å²) in [5, 5.41) is 3.20. The first-order valence-corrected chi connectivity index (χ1v) is 8.43. The fraction of sp³-hybridized carbons (Fsp3) is 0.333. The Balaban J connectivity index is 1.73. The van der Waals surface area contributed by atoms with Gasteiger partial charge in [-0.2, -0.15) is 0 Å². The summed E-state index contributed by atoms with van der Waals surface area (Å²) < 4.78 is 38.7. The first kappa shape index (κ1) is 18.1. The summed E-state index contributed by atoms with van der Waals surface area (Å²) in [5.41, 5.74) is 2.04. The van der Waals surface area contributed by atoms with Gasteiger partial charge in [0.1, 0.15) is 23.6 Å². The number of halogens is 2. The summed E-state index contributed by atoms with van der Waals surface area (Å²) in [6.45, 7) is 0. The Bertz CT molecular complexity index is 1060. The van der Waals surface area contributed by atoms with Crippen molar-refractivity contribution >= 4 is 22.6 Å². The number of carbonyl (C=O) groups excluding carboxylic acids is 1. The Kier molecular flexibility index (Phi) is 4.13. The molecule has 3 heterocycles. The number of ether oxygens (including phenoxy) is 2. The molecule has 0 radical (unpaired) electrons. The van der Waals surface area contributed by atoms with Crippen molar-refractivity contribution in [2.24, 2.45) is 13.0 Å². The molecule has 1 N–H and O–H groups in total. The molecule has 8 nitrogen and oxygen atoms in total. The molecule has 10 heteroatoms. The standard InChI is InChI=1S/C18H17F2N5O3/c1-25-11(14-16(27-2)22-8-23-17(14)28-3)4-9-5-13(21-7-12(9)25)24-15(26)10-6-18(10,19)20/h4-5,7-8,10H,6H2,1-3H3,(H,21,24,26). The van der Waals surface area contributed by atoms with E-state index in [1.54, 1.807) is 12.3 Å². The average Bonchev–Trinajstić information content (AvgIpc) is 3.21. The van der Waals surface area contributed by atoms with Crippen LogP contribution in [0.5, 0.6) is 11.8 Å². The van der Waals surface area contributed by atoms with E-state index >= 15 is 0 Å². The van der Waals surface area contributed by atoms with Crippen LogP contribution in [0.3, 0.4) is 0 Å². The molecule has 146 valence electrons. The van der Waals surface area contributed by atoms with E-state index in [1.807, 2.05) is 17.7 Å². The third-order valence-corrected chi connectivity index (χ3v) is 4.74. The number of hydrogen-bond donors (Lipinski definition) is 1. The second-order valence-electron chi connectivity index (χ2n) is 6.49. The van der Waals surface area contributed by atoms with E-state index < -0.39 is 24.2 Å².